The second-order valence-electron chi connectivity index (χ2n) is 5.44. The van der Waals surface area contributed by atoms with E-state index < -0.39 is 32.4 Å². The zero-order chi connectivity index (χ0) is 15.4. The number of nitrogens with one attached hydrogen (secondary N) is 1. The molecule has 112 valence electrons. The van der Waals surface area contributed by atoms with Crippen LogP contribution in [-0.4, -0.2) is 41.4 Å². The quantitative estimate of drug-likeness (QED) is 0.798. The van der Waals surface area contributed by atoms with Gasteiger partial charge < -0.3 is 10.4 Å². The van der Waals surface area contributed by atoms with Gasteiger partial charge in [-0.05, 0) is 18.9 Å². The van der Waals surface area contributed by atoms with Gasteiger partial charge in [0.15, 0.2) is 9.84 Å². The van der Waals surface area contributed by atoms with E-state index in [9.17, 15) is 18.0 Å². The van der Waals surface area contributed by atoms with E-state index >= 15 is 0 Å². The van der Waals surface area contributed by atoms with Gasteiger partial charge in [-0.15, -0.1) is 0 Å². The maximum absolute atomic E-state index is 12.2. The van der Waals surface area contributed by atoms with Gasteiger partial charge in [-0.2, -0.15) is 0 Å². The molecule has 2 N–H and O–H groups in total. The minimum Gasteiger partial charge on any atom is -0.478 e. The number of hydrogen-bond donors (Lipinski definition) is 2. The van der Waals surface area contributed by atoms with Gasteiger partial charge in [0, 0.05) is 0 Å². The molecule has 0 atom stereocenters. The summed E-state index contributed by atoms with van der Waals surface area (Å²) in [5, 5.41) is 10.9. The third-order valence-corrected chi connectivity index (χ3v) is 6.64. The van der Waals surface area contributed by atoms with Crippen LogP contribution in [0.25, 0.3) is 0 Å². The summed E-state index contributed by atoms with van der Waals surface area (Å²) in [5.74, 6) is -1.82. The van der Waals surface area contributed by atoms with Gasteiger partial charge in [-0.1, -0.05) is 11.6 Å². The number of halogens is 1. The topological polar surface area (TPSA) is 113 Å². The van der Waals surface area contributed by atoms with Crippen molar-refractivity contribution in [3.05, 3.63) is 23.0 Å². The molecule has 3 heterocycles. The van der Waals surface area contributed by atoms with Crippen molar-refractivity contribution in [1.29, 1.82) is 0 Å². The molecule has 7 nitrogen and oxygen atoms in total. The number of sulfone groups is 1. The van der Waals surface area contributed by atoms with Crippen LogP contribution in [0.15, 0.2) is 12.3 Å². The van der Waals surface area contributed by atoms with Gasteiger partial charge in [0.05, 0.1) is 33.9 Å². The molecule has 0 spiro atoms. The highest BCUT2D eigenvalue weighted by molar-refractivity contribution is 7.92. The number of carbonyl (C=O) groups is 2. The van der Waals surface area contributed by atoms with Crippen molar-refractivity contribution in [1.82, 2.24) is 4.98 Å². The Morgan fingerprint density at radius 2 is 2.10 bits per heavy atom. The zero-order valence-corrected chi connectivity index (χ0v) is 12.2. The number of carboxylic acids is 1. The first-order chi connectivity index (χ1) is 9.73. The summed E-state index contributed by atoms with van der Waals surface area (Å²) in [6, 6.07) is 1.20. The normalized spacial score (nSPS) is 28.7. The van der Waals surface area contributed by atoms with Crippen molar-refractivity contribution >= 4 is 39.0 Å². The lowest BCUT2D eigenvalue weighted by atomic mass is 9.70. The largest absolute Gasteiger partial charge is 0.478 e. The van der Waals surface area contributed by atoms with Crippen molar-refractivity contribution in [2.45, 2.75) is 18.1 Å². The van der Waals surface area contributed by atoms with E-state index in [1.807, 2.05) is 0 Å². The van der Waals surface area contributed by atoms with E-state index in [4.69, 9.17) is 16.7 Å². The van der Waals surface area contributed by atoms with Crippen LogP contribution in [0.2, 0.25) is 5.15 Å². The predicted molar refractivity (Wildman–Crippen MR) is 74.1 cm³/mol. The van der Waals surface area contributed by atoms with Crippen molar-refractivity contribution in [2.24, 2.45) is 5.41 Å². The van der Waals surface area contributed by atoms with Crippen LogP contribution in [0.4, 0.5) is 5.69 Å². The average molecular weight is 331 g/mol. The lowest BCUT2D eigenvalue weighted by Crippen LogP contribution is -2.43. The Balaban J connectivity index is 1.81. The molecule has 9 heteroatoms. The number of anilines is 1. The summed E-state index contributed by atoms with van der Waals surface area (Å²) in [6.07, 6.45) is 1.89. The van der Waals surface area contributed by atoms with Gasteiger partial charge in [-0.25, -0.2) is 18.2 Å². The summed E-state index contributed by atoms with van der Waals surface area (Å²) in [6.45, 7) is 0. The highest BCUT2D eigenvalue weighted by Gasteiger charge is 2.63. The van der Waals surface area contributed by atoms with E-state index in [0.29, 0.717) is 12.8 Å². The van der Waals surface area contributed by atoms with Gasteiger partial charge in [0.25, 0.3) is 0 Å². The number of aromatic nitrogens is 1. The molecule has 3 fully saturated rings. The Bertz CT molecular complexity index is 755. The van der Waals surface area contributed by atoms with Crippen molar-refractivity contribution < 1.29 is 23.1 Å². The SMILES string of the molecule is O=C(O)c1cc(NC(=O)C23CC(C2)S(=O)(=O)C3)cnc1Cl. The number of aromatic carboxylic acids is 1. The molecule has 21 heavy (non-hydrogen) atoms. The molecule has 0 radical (unpaired) electrons. The number of fused-ring (bicyclic) bond motifs is 1. The number of nitrogens with zero attached hydrogens (tertiary/aromatic N) is 1. The fourth-order valence-corrected chi connectivity index (χ4v) is 5.57. The number of rotatable bonds is 3. The summed E-state index contributed by atoms with van der Waals surface area (Å²) < 4.78 is 23.3. The van der Waals surface area contributed by atoms with Gasteiger partial charge in [-0.3, -0.25) is 4.79 Å². The minimum atomic E-state index is -3.17. The average Bonchev–Trinajstić information content (AvgIpc) is 2.76. The molecule has 1 saturated carbocycles. The zero-order valence-electron chi connectivity index (χ0n) is 10.7. The first-order valence-electron chi connectivity index (χ1n) is 6.15. The molecule has 0 aromatic carbocycles. The van der Waals surface area contributed by atoms with Crippen molar-refractivity contribution in [3.63, 3.8) is 0 Å². The molecular weight excluding hydrogens is 320 g/mol. The lowest BCUT2D eigenvalue weighted by Gasteiger charge is -2.34. The van der Waals surface area contributed by atoms with Crippen LogP contribution in [0.3, 0.4) is 0 Å². The molecule has 0 unspecified atom stereocenters. The van der Waals surface area contributed by atoms with Crippen LogP contribution in [-0.2, 0) is 14.6 Å². The summed E-state index contributed by atoms with van der Waals surface area (Å²) in [5.41, 5.74) is -0.923. The fourth-order valence-electron chi connectivity index (χ4n) is 2.87. The number of amides is 1. The number of carbonyl (C=O) groups excluding carboxylic acids is 1. The third-order valence-electron chi connectivity index (χ3n) is 4.03. The molecular formula is C12H11ClN2O5S. The maximum Gasteiger partial charge on any atom is 0.338 e. The Kier molecular flexibility index (Phi) is 3.00. The maximum atomic E-state index is 12.2. The van der Waals surface area contributed by atoms with Crippen LogP contribution in [0, 0.1) is 5.41 Å². The Labute approximate surface area is 125 Å². The fraction of sp³-hybridized carbons (Fsp3) is 0.417. The highest BCUT2D eigenvalue weighted by atomic mass is 35.5. The molecule has 1 amide bonds. The van der Waals surface area contributed by atoms with Crippen LogP contribution in [0.5, 0.6) is 0 Å². The van der Waals surface area contributed by atoms with Crippen molar-refractivity contribution in [2.75, 3.05) is 11.1 Å². The van der Waals surface area contributed by atoms with Crippen LogP contribution < -0.4 is 5.32 Å². The van der Waals surface area contributed by atoms with Crippen molar-refractivity contribution in [3.8, 4) is 0 Å². The molecule has 2 saturated heterocycles. The van der Waals surface area contributed by atoms with Gasteiger partial charge >= 0.3 is 5.97 Å². The Morgan fingerprint density at radius 3 is 2.62 bits per heavy atom. The predicted octanol–water partition coefficient (Wildman–Crippen LogP) is 0.949. The molecule has 1 aromatic rings. The number of pyridine rings is 1. The monoisotopic (exact) mass is 330 g/mol. The smallest absolute Gasteiger partial charge is 0.338 e. The third kappa shape index (κ3) is 2.18. The van der Waals surface area contributed by atoms with Gasteiger partial charge in [0.1, 0.15) is 5.15 Å². The molecule has 1 aliphatic carbocycles. The molecule has 2 bridgehead atoms. The highest BCUT2D eigenvalue weighted by Crippen LogP contribution is 2.54. The van der Waals surface area contributed by atoms with E-state index in [-0.39, 0.29) is 22.2 Å². The second kappa shape index (κ2) is 4.41. The standard InChI is InChI=1S/C12H11ClN2O5S/c13-9-8(10(16)17)1-6(4-14-9)15-11(18)12-2-7(3-12)21(19,20)5-12/h1,4,7H,2-3,5H2,(H,15,18)(H,16,17). The van der Waals surface area contributed by atoms with Gasteiger partial charge in [0.2, 0.25) is 5.91 Å². The summed E-state index contributed by atoms with van der Waals surface area (Å²) >= 11 is 5.64. The summed E-state index contributed by atoms with van der Waals surface area (Å²) in [4.78, 5) is 26.9. The number of carboxylic acid groups (broad SMARTS) is 1. The molecule has 2 aliphatic heterocycles. The first kappa shape index (κ1) is 14.3. The Hall–Kier alpha value is -1.67. The van der Waals surface area contributed by atoms with E-state index in [2.05, 4.69) is 10.3 Å². The van der Waals surface area contributed by atoms with Crippen LogP contribution >= 0.6 is 11.6 Å². The first-order valence-corrected chi connectivity index (χ1v) is 8.25. The van der Waals surface area contributed by atoms with Crippen LogP contribution in [0.1, 0.15) is 23.2 Å². The van der Waals surface area contributed by atoms with E-state index in [1.165, 1.54) is 12.3 Å². The van der Waals surface area contributed by atoms with E-state index in [1.54, 1.807) is 0 Å². The number of hydrogen-bond acceptors (Lipinski definition) is 5. The summed E-state index contributed by atoms with van der Waals surface area (Å²) in [7, 11) is -3.17. The Morgan fingerprint density at radius 1 is 1.43 bits per heavy atom. The second-order valence-corrected chi connectivity index (χ2v) is 8.08. The minimum absolute atomic E-state index is 0.149. The molecule has 3 aliphatic rings. The van der Waals surface area contributed by atoms with E-state index in [0.717, 1.165) is 0 Å². The molecule has 1 aromatic heterocycles. The molecule has 4 rings (SSSR count). The lowest BCUT2D eigenvalue weighted by molar-refractivity contribution is -0.127.